The molecule has 0 aromatic carbocycles. The maximum atomic E-state index is 12.9. The lowest BCUT2D eigenvalue weighted by molar-refractivity contribution is -0.167. The minimum atomic E-state index is -0.802. The van der Waals surface area contributed by atoms with Crippen molar-refractivity contribution in [1.29, 1.82) is 0 Å². The number of hydrogen-bond acceptors (Lipinski definition) is 6. The summed E-state index contributed by atoms with van der Waals surface area (Å²) in [4.78, 5) is 38.2. The fourth-order valence-electron chi connectivity index (χ4n) is 8.25. The van der Waals surface area contributed by atoms with Crippen molar-refractivity contribution in [2.45, 2.75) is 271 Å². The molecule has 0 saturated carbocycles. The summed E-state index contributed by atoms with van der Waals surface area (Å²) in [5.41, 5.74) is 0. The maximum Gasteiger partial charge on any atom is 0.306 e. The first kappa shape index (κ1) is 74.0. The molecule has 0 rings (SSSR count). The van der Waals surface area contributed by atoms with Crippen LogP contribution in [0, 0.1) is 0 Å². The molecule has 0 bridgehead atoms. The zero-order valence-electron chi connectivity index (χ0n) is 50.8. The Morgan fingerprint density at radius 2 is 0.494 bits per heavy atom. The van der Waals surface area contributed by atoms with Gasteiger partial charge in [-0.25, -0.2) is 0 Å². The fourth-order valence-corrected chi connectivity index (χ4v) is 8.25. The van der Waals surface area contributed by atoms with Gasteiger partial charge >= 0.3 is 17.9 Å². The van der Waals surface area contributed by atoms with E-state index in [2.05, 4.69) is 179 Å². The van der Waals surface area contributed by atoms with E-state index in [1.807, 2.05) is 0 Å². The first-order chi connectivity index (χ1) is 39.0. The molecule has 444 valence electrons. The number of esters is 3. The minimum Gasteiger partial charge on any atom is -0.462 e. The Kier molecular flexibility index (Phi) is 61.4. The average molecular weight is 1090 g/mol. The van der Waals surface area contributed by atoms with Crippen LogP contribution in [0.15, 0.2) is 158 Å². The molecule has 0 aromatic heterocycles. The Morgan fingerprint density at radius 1 is 0.266 bits per heavy atom. The van der Waals surface area contributed by atoms with Gasteiger partial charge in [0.1, 0.15) is 13.2 Å². The van der Waals surface area contributed by atoms with Gasteiger partial charge in [0.15, 0.2) is 6.10 Å². The second kappa shape index (κ2) is 65.5. The average Bonchev–Trinajstić information content (AvgIpc) is 3.45. The maximum absolute atomic E-state index is 12.9. The molecule has 0 N–H and O–H groups in total. The highest BCUT2D eigenvalue weighted by molar-refractivity contribution is 5.71. The SMILES string of the molecule is CC/C=C\C/C=C\C/C=C\C/C=C\C/C=C\C/C=C\C/C=C\C/C=C\C/C=C\CCCCCCCC(=O)OCC(COC(=O)CCCCCCC/C=C\CCCC)OC(=O)CCCCCCCCC/C=C\C/C=C\C/C=C\CC. The smallest absolute Gasteiger partial charge is 0.306 e. The van der Waals surface area contributed by atoms with Crippen LogP contribution >= 0.6 is 0 Å². The Balaban J connectivity index is 4.32. The van der Waals surface area contributed by atoms with Crippen molar-refractivity contribution in [2.24, 2.45) is 0 Å². The van der Waals surface area contributed by atoms with E-state index in [0.29, 0.717) is 19.3 Å². The molecular weight excluding hydrogens is 973 g/mol. The van der Waals surface area contributed by atoms with Crippen LogP contribution in [-0.2, 0) is 28.6 Å². The van der Waals surface area contributed by atoms with Gasteiger partial charge in [-0.3, -0.25) is 14.4 Å². The van der Waals surface area contributed by atoms with E-state index in [0.717, 1.165) is 173 Å². The van der Waals surface area contributed by atoms with E-state index >= 15 is 0 Å². The highest BCUT2D eigenvalue weighted by atomic mass is 16.6. The van der Waals surface area contributed by atoms with Gasteiger partial charge in [-0.05, 0) is 141 Å². The van der Waals surface area contributed by atoms with Gasteiger partial charge in [-0.1, -0.05) is 262 Å². The Labute approximate surface area is 486 Å². The quantitative estimate of drug-likeness (QED) is 0.0261. The molecule has 0 saturated heterocycles. The summed E-state index contributed by atoms with van der Waals surface area (Å²) in [6.45, 7) is 6.34. The summed E-state index contributed by atoms with van der Waals surface area (Å²) in [6, 6.07) is 0. The predicted molar refractivity (Wildman–Crippen MR) is 343 cm³/mol. The van der Waals surface area contributed by atoms with Crippen LogP contribution in [0.3, 0.4) is 0 Å². The molecule has 0 aliphatic heterocycles. The summed E-state index contributed by atoms with van der Waals surface area (Å²) in [6.07, 6.45) is 95.4. The monoisotopic (exact) mass is 1090 g/mol. The molecule has 0 heterocycles. The van der Waals surface area contributed by atoms with Gasteiger partial charge < -0.3 is 14.2 Å². The van der Waals surface area contributed by atoms with Crippen LogP contribution in [0.25, 0.3) is 0 Å². The number of unbranched alkanes of at least 4 members (excludes halogenated alkanes) is 19. The molecule has 0 radical (unpaired) electrons. The lowest BCUT2D eigenvalue weighted by Gasteiger charge is -2.18. The van der Waals surface area contributed by atoms with Crippen molar-refractivity contribution in [3.05, 3.63) is 158 Å². The fraction of sp³-hybridized carbons (Fsp3) is 0.603. The van der Waals surface area contributed by atoms with Crippen molar-refractivity contribution in [2.75, 3.05) is 13.2 Å². The third-order valence-corrected chi connectivity index (χ3v) is 13.0. The largest absolute Gasteiger partial charge is 0.462 e. The Bertz CT molecular complexity index is 1780. The van der Waals surface area contributed by atoms with Crippen LogP contribution in [0.5, 0.6) is 0 Å². The number of carbonyl (C=O) groups is 3. The zero-order valence-corrected chi connectivity index (χ0v) is 50.8. The highest BCUT2D eigenvalue weighted by Crippen LogP contribution is 2.14. The number of ether oxygens (including phenoxy) is 3. The molecular formula is C73H116O6. The van der Waals surface area contributed by atoms with E-state index in [1.54, 1.807) is 0 Å². The van der Waals surface area contributed by atoms with Crippen molar-refractivity contribution in [3.63, 3.8) is 0 Å². The van der Waals surface area contributed by atoms with E-state index in [9.17, 15) is 14.4 Å². The molecule has 6 nitrogen and oxygen atoms in total. The van der Waals surface area contributed by atoms with E-state index in [-0.39, 0.29) is 31.1 Å². The zero-order chi connectivity index (χ0) is 57.1. The predicted octanol–water partition coefficient (Wildman–Crippen LogP) is 22.1. The standard InChI is InChI=1S/C73H116O6/c1-4-7-10-13-16-19-22-24-26-28-29-30-31-32-33-34-35-36-37-38-39-40-41-42-43-45-46-48-51-54-57-60-63-66-72(75)78-69-70(68-77-71(74)65-62-59-56-53-50-21-18-15-12-9-6-3)79-73(76)67-64-61-58-55-52-49-47-44-27-25-23-20-17-14-11-8-5-2/h7-8,10-11,15-20,24-27,29-30,32-33,35-36,38-39,41-42,45-46,70H,4-6,9,12-14,21-23,28,31,34,37,40,43-44,47-69H2,1-3H3/b10-7-,11-8-,18-15-,19-16-,20-17-,26-24-,27-25-,30-29-,33-32-,36-35-,39-38-,42-41-,46-45-. The van der Waals surface area contributed by atoms with Gasteiger partial charge in [0.05, 0.1) is 0 Å². The number of rotatable bonds is 56. The summed E-state index contributed by atoms with van der Waals surface area (Å²) in [5.74, 6) is -0.941. The van der Waals surface area contributed by atoms with Gasteiger partial charge in [0.2, 0.25) is 0 Å². The molecule has 0 amide bonds. The van der Waals surface area contributed by atoms with Crippen LogP contribution < -0.4 is 0 Å². The van der Waals surface area contributed by atoms with Crippen LogP contribution in [-0.4, -0.2) is 37.2 Å². The third kappa shape index (κ3) is 63.7. The van der Waals surface area contributed by atoms with Gasteiger partial charge in [-0.15, -0.1) is 0 Å². The van der Waals surface area contributed by atoms with Crippen molar-refractivity contribution in [3.8, 4) is 0 Å². The topological polar surface area (TPSA) is 78.9 Å². The first-order valence-electron chi connectivity index (χ1n) is 32.0. The number of hydrogen-bond donors (Lipinski definition) is 0. The molecule has 0 aromatic rings. The molecule has 0 spiro atoms. The van der Waals surface area contributed by atoms with Crippen molar-refractivity contribution >= 4 is 17.9 Å². The van der Waals surface area contributed by atoms with Crippen LogP contribution in [0.2, 0.25) is 0 Å². The normalized spacial score (nSPS) is 13.2. The van der Waals surface area contributed by atoms with Gasteiger partial charge in [-0.2, -0.15) is 0 Å². The molecule has 0 fully saturated rings. The molecule has 79 heavy (non-hydrogen) atoms. The van der Waals surface area contributed by atoms with E-state index in [1.165, 1.54) is 51.4 Å². The highest BCUT2D eigenvalue weighted by Gasteiger charge is 2.19. The van der Waals surface area contributed by atoms with Crippen molar-refractivity contribution < 1.29 is 28.6 Å². The lowest BCUT2D eigenvalue weighted by atomic mass is 10.1. The Hall–Kier alpha value is -4.97. The number of carbonyl (C=O) groups excluding carboxylic acids is 3. The molecule has 1 unspecified atom stereocenters. The molecule has 0 aliphatic carbocycles. The van der Waals surface area contributed by atoms with Crippen molar-refractivity contribution in [1.82, 2.24) is 0 Å². The molecule has 6 heteroatoms. The lowest BCUT2D eigenvalue weighted by Crippen LogP contribution is -2.30. The summed E-state index contributed by atoms with van der Waals surface area (Å²) < 4.78 is 16.9. The van der Waals surface area contributed by atoms with Crippen LogP contribution in [0.1, 0.15) is 265 Å². The van der Waals surface area contributed by atoms with E-state index in [4.69, 9.17) is 14.2 Å². The summed E-state index contributed by atoms with van der Waals surface area (Å²) in [7, 11) is 0. The Morgan fingerprint density at radius 3 is 0.785 bits per heavy atom. The molecule has 0 aliphatic rings. The minimum absolute atomic E-state index is 0.0981. The summed E-state index contributed by atoms with van der Waals surface area (Å²) in [5, 5.41) is 0. The first-order valence-corrected chi connectivity index (χ1v) is 32.0. The molecule has 1 atom stereocenters. The number of allylic oxidation sites excluding steroid dienone is 26. The van der Waals surface area contributed by atoms with Crippen LogP contribution in [0.4, 0.5) is 0 Å². The van der Waals surface area contributed by atoms with Gasteiger partial charge in [0.25, 0.3) is 0 Å². The van der Waals surface area contributed by atoms with E-state index < -0.39 is 6.10 Å². The van der Waals surface area contributed by atoms with Gasteiger partial charge in [0, 0.05) is 19.3 Å². The second-order valence-electron chi connectivity index (χ2n) is 20.5. The second-order valence-corrected chi connectivity index (χ2v) is 20.5. The third-order valence-electron chi connectivity index (χ3n) is 13.0. The summed E-state index contributed by atoms with van der Waals surface area (Å²) >= 11 is 0.